The first-order chi connectivity index (χ1) is 16.7. The summed E-state index contributed by atoms with van der Waals surface area (Å²) in [5.74, 6) is 6.04. The molecule has 4 heteroatoms. The van der Waals surface area contributed by atoms with Crippen LogP contribution in [0.4, 0.5) is 0 Å². The molecule has 0 saturated heterocycles. The number of hydrogen-bond donors (Lipinski definition) is 0. The lowest BCUT2D eigenvalue weighted by atomic mass is 9.44. The zero-order valence-electron chi connectivity index (χ0n) is 23.0. The van der Waals surface area contributed by atoms with Crippen LogP contribution < -0.4 is 0 Å². The Morgan fingerprint density at radius 3 is 2.60 bits per heavy atom. The highest BCUT2D eigenvalue weighted by atomic mass is 32.1. The van der Waals surface area contributed by atoms with Crippen molar-refractivity contribution < 1.29 is 4.74 Å². The summed E-state index contributed by atoms with van der Waals surface area (Å²) >= 11 is 5.73. The summed E-state index contributed by atoms with van der Waals surface area (Å²) in [6.45, 7) is 12.7. The summed E-state index contributed by atoms with van der Waals surface area (Å²) in [6, 6.07) is 0. The molecule has 0 spiro atoms. The molecule has 0 bridgehead atoms. The molecule has 0 radical (unpaired) electrons. The van der Waals surface area contributed by atoms with Gasteiger partial charge in [0, 0.05) is 17.8 Å². The third-order valence-electron chi connectivity index (χ3n) is 11.8. The van der Waals surface area contributed by atoms with Gasteiger partial charge in [-0.2, -0.15) is 0 Å². The number of nitrogens with zero attached hydrogens (tertiary/aromatic N) is 2. The maximum Gasteiger partial charge on any atom is 0.269 e. The summed E-state index contributed by atoms with van der Waals surface area (Å²) in [5, 5.41) is 0.591. The maximum atomic E-state index is 6.67. The second kappa shape index (κ2) is 10.1. The van der Waals surface area contributed by atoms with Crippen molar-refractivity contribution in [2.45, 2.75) is 118 Å². The first-order valence-corrected chi connectivity index (χ1v) is 15.3. The van der Waals surface area contributed by atoms with E-state index < -0.39 is 0 Å². The van der Waals surface area contributed by atoms with Crippen LogP contribution in [-0.4, -0.2) is 20.8 Å². The van der Waals surface area contributed by atoms with E-state index in [1.165, 1.54) is 70.6 Å². The number of thiocarbonyl (C=S) groups is 1. The van der Waals surface area contributed by atoms with Crippen LogP contribution in [0.25, 0.3) is 0 Å². The predicted octanol–water partition coefficient (Wildman–Crippen LogP) is 8.52. The molecule has 1 aromatic rings. The zero-order chi connectivity index (χ0) is 24.8. The molecule has 2 unspecified atom stereocenters. The second-order valence-electron chi connectivity index (χ2n) is 13.8. The van der Waals surface area contributed by atoms with Crippen molar-refractivity contribution in [3.63, 3.8) is 0 Å². The van der Waals surface area contributed by atoms with E-state index in [-0.39, 0.29) is 11.5 Å². The Morgan fingerprint density at radius 1 is 1.03 bits per heavy atom. The molecule has 4 aliphatic carbocycles. The van der Waals surface area contributed by atoms with Gasteiger partial charge < -0.3 is 4.74 Å². The van der Waals surface area contributed by atoms with Crippen molar-refractivity contribution in [3.8, 4) is 0 Å². The highest BCUT2D eigenvalue weighted by Crippen LogP contribution is 2.68. The SMILES string of the molecule is CC(C)CCC[C@@H](C)[C@H]1CC[C@H]2[C@@H]3CCC4CCCC(OC(=S)n5ccnc5)[C@]4(C)[C@H]3CC[C@]12C. The summed E-state index contributed by atoms with van der Waals surface area (Å²) < 4.78 is 8.55. The predicted molar refractivity (Wildman–Crippen MR) is 148 cm³/mol. The lowest BCUT2D eigenvalue weighted by Gasteiger charge is -2.62. The standard InChI is InChI=1S/C31H50N2OS/c1-21(2)8-6-9-22(3)25-14-15-26-24-13-12-23-10-7-11-28(34-29(35)33-19-18-32-20-33)31(23,5)27(24)16-17-30(25,26)4/h18-28H,6-17H2,1-5H3/t22-,23?,24+,25-,26+,27+,28?,30-,31+/m1/s1. The Labute approximate surface area is 220 Å². The van der Waals surface area contributed by atoms with Crippen LogP contribution in [0, 0.1) is 52.3 Å². The van der Waals surface area contributed by atoms with E-state index in [4.69, 9.17) is 17.0 Å². The van der Waals surface area contributed by atoms with E-state index >= 15 is 0 Å². The minimum Gasteiger partial charge on any atom is -0.467 e. The van der Waals surface area contributed by atoms with Gasteiger partial charge in [0.1, 0.15) is 12.4 Å². The highest BCUT2D eigenvalue weighted by Gasteiger charge is 2.62. The monoisotopic (exact) mass is 498 g/mol. The van der Waals surface area contributed by atoms with E-state index in [2.05, 4.69) is 39.6 Å². The first-order valence-electron chi connectivity index (χ1n) is 14.9. The molecular weight excluding hydrogens is 448 g/mol. The quantitative estimate of drug-likeness (QED) is 0.368. The molecule has 0 amide bonds. The summed E-state index contributed by atoms with van der Waals surface area (Å²) in [6.07, 6.45) is 22.4. The van der Waals surface area contributed by atoms with Gasteiger partial charge in [0.25, 0.3) is 5.17 Å². The van der Waals surface area contributed by atoms with Crippen LogP contribution in [0.2, 0.25) is 0 Å². The zero-order valence-corrected chi connectivity index (χ0v) is 23.9. The van der Waals surface area contributed by atoms with Gasteiger partial charge in [-0.15, -0.1) is 0 Å². The second-order valence-corrected chi connectivity index (χ2v) is 14.2. The van der Waals surface area contributed by atoms with Crippen molar-refractivity contribution >= 4 is 17.4 Å². The molecule has 196 valence electrons. The van der Waals surface area contributed by atoms with Crippen LogP contribution in [0.5, 0.6) is 0 Å². The molecule has 0 aromatic carbocycles. The van der Waals surface area contributed by atoms with E-state index in [1.807, 2.05) is 10.8 Å². The Kier molecular flexibility index (Phi) is 7.43. The van der Waals surface area contributed by atoms with E-state index in [0.29, 0.717) is 10.6 Å². The smallest absolute Gasteiger partial charge is 0.269 e. The van der Waals surface area contributed by atoms with Crippen LogP contribution in [-0.2, 0) is 4.74 Å². The van der Waals surface area contributed by atoms with Crippen molar-refractivity contribution in [3.05, 3.63) is 18.7 Å². The summed E-state index contributed by atoms with van der Waals surface area (Å²) in [7, 11) is 0. The van der Waals surface area contributed by atoms with Gasteiger partial charge in [-0.1, -0.05) is 53.9 Å². The third-order valence-corrected chi connectivity index (χ3v) is 12.1. The number of fused-ring (bicyclic) bond motifs is 5. The molecule has 9 atom stereocenters. The van der Waals surface area contributed by atoms with E-state index in [1.54, 1.807) is 12.5 Å². The molecule has 1 heterocycles. The Morgan fingerprint density at radius 2 is 1.86 bits per heavy atom. The Hall–Kier alpha value is -0.900. The number of rotatable bonds is 6. The number of imidazole rings is 1. The van der Waals surface area contributed by atoms with Crippen molar-refractivity contribution in [1.29, 1.82) is 0 Å². The average molecular weight is 499 g/mol. The lowest BCUT2D eigenvalue weighted by molar-refractivity contribution is -0.160. The van der Waals surface area contributed by atoms with Crippen molar-refractivity contribution in [1.82, 2.24) is 9.55 Å². The lowest BCUT2D eigenvalue weighted by Crippen LogP contribution is -2.58. The van der Waals surface area contributed by atoms with Crippen molar-refractivity contribution in [2.24, 2.45) is 52.3 Å². The molecule has 3 nitrogen and oxygen atoms in total. The van der Waals surface area contributed by atoms with Gasteiger partial charge in [-0.3, -0.25) is 4.57 Å². The molecular formula is C31H50N2OS. The van der Waals surface area contributed by atoms with E-state index in [0.717, 1.165) is 47.8 Å². The summed E-state index contributed by atoms with van der Waals surface area (Å²) in [4.78, 5) is 4.19. The Bertz CT molecular complexity index is 867. The van der Waals surface area contributed by atoms with Gasteiger partial charge >= 0.3 is 0 Å². The molecule has 1 aromatic heterocycles. The van der Waals surface area contributed by atoms with Crippen LogP contribution in [0.1, 0.15) is 112 Å². The molecule has 4 fully saturated rings. The number of hydrogen-bond acceptors (Lipinski definition) is 3. The molecule has 4 aliphatic rings. The fourth-order valence-corrected chi connectivity index (χ4v) is 10.3. The molecule has 35 heavy (non-hydrogen) atoms. The largest absolute Gasteiger partial charge is 0.467 e. The molecule has 0 N–H and O–H groups in total. The van der Waals surface area contributed by atoms with Crippen LogP contribution in [0.15, 0.2) is 18.7 Å². The topological polar surface area (TPSA) is 27.1 Å². The molecule has 5 rings (SSSR count). The number of ether oxygens (including phenoxy) is 1. The van der Waals surface area contributed by atoms with Gasteiger partial charge in [-0.05, 0) is 117 Å². The van der Waals surface area contributed by atoms with Gasteiger partial charge in [-0.25, -0.2) is 4.98 Å². The fraction of sp³-hybridized carbons (Fsp3) is 0.871. The Balaban J connectivity index is 1.33. The van der Waals surface area contributed by atoms with Gasteiger partial charge in [0.2, 0.25) is 0 Å². The van der Waals surface area contributed by atoms with Gasteiger partial charge in [0.05, 0.1) is 0 Å². The maximum absolute atomic E-state index is 6.67. The van der Waals surface area contributed by atoms with Crippen LogP contribution in [0.3, 0.4) is 0 Å². The fourth-order valence-electron chi connectivity index (χ4n) is 10.0. The van der Waals surface area contributed by atoms with E-state index in [9.17, 15) is 0 Å². The summed E-state index contributed by atoms with van der Waals surface area (Å²) in [5.41, 5.74) is 0.812. The van der Waals surface area contributed by atoms with Crippen molar-refractivity contribution in [2.75, 3.05) is 0 Å². The third kappa shape index (κ3) is 4.53. The molecule has 4 saturated carbocycles. The minimum atomic E-state index is 0.250. The number of aromatic nitrogens is 2. The first kappa shape index (κ1) is 25.7. The highest BCUT2D eigenvalue weighted by molar-refractivity contribution is 7.80. The minimum absolute atomic E-state index is 0.250. The van der Waals surface area contributed by atoms with Gasteiger partial charge in [0.15, 0.2) is 0 Å². The van der Waals surface area contributed by atoms with Crippen LogP contribution >= 0.6 is 12.2 Å². The molecule has 0 aliphatic heterocycles. The normalized spacial score (nSPS) is 41.7. The average Bonchev–Trinajstić information content (AvgIpc) is 3.47.